The van der Waals surface area contributed by atoms with Crippen LogP contribution in [0.25, 0.3) is 0 Å². The maximum Gasteiger partial charge on any atom is 0.338 e. The third-order valence-corrected chi connectivity index (χ3v) is 4.13. The molecule has 2 aromatic carbocycles. The number of carbonyl (C=O) groups excluding carboxylic acids is 2. The number of esters is 1. The number of nitrogens with one attached hydrogen (secondary N) is 1. The lowest BCUT2D eigenvalue weighted by molar-refractivity contribution is -0.124. The number of benzene rings is 2. The monoisotopic (exact) mass is 391 g/mol. The molecule has 0 aliphatic carbocycles. The summed E-state index contributed by atoms with van der Waals surface area (Å²) in [7, 11) is 1.51. The Morgan fingerprint density at radius 1 is 1.15 bits per heavy atom. The maximum absolute atomic E-state index is 12.2. The van der Waals surface area contributed by atoms with Gasteiger partial charge in [-0.15, -0.1) is 0 Å². The summed E-state index contributed by atoms with van der Waals surface area (Å²) < 4.78 is 15.7. The number of halogens is 1. The van der Waals surface area contributed by atoms with E-state index in [1.165, 1.54) is 13.2 Å². The summed E-state index contributed by atoms with van der Waals surface area (Å²) >= 11 is 6.12. The van der Waals surface area contributed by atoms with Crippen molar-refractivity contribution < 1.29 is 23.8 Å². The van der Waals surface area contributed by atoms with Gasteiger partial charge in [0.05, 0.1) is 25.3 Å². The Labute approximate surface area is 163 Å². The van der Waals surface area contributed by atoms with Gasteiger partial charge in [0.15, 0.2) is 18.1 Å². The van der Waals surface area contributed by atoms with Crippen molar-refractivity contribution in [1.29, 1.82) is 0 Å². The molecular weight excluding hydrogens is 370 g/mol. The van der Waals surface area contributed by atoms with Crippen molar-refractivity contribution in [1.82, 2.24) is 5.32 Å². The van der Waals surface area contributed by atoms with Gasteiger partial charge in [-0.2, -0.15) is 0 Å². The van der Waals surface area contributed by atoms with Gasteiger partial charge in [-0.25, -0.2) is 4.79 Å². The Bertz CT molecular complexity index is 809. The van der Waals surface area contributed by atoms with E-state index in [4.69, 9.17) is 25.8 Å². The van der Waals surface area contributed by atoms with Crippen molar-refractivity contribution in [3.05, 3.63) is 58.6 Å². The van der Waals surface area contributed by atoms with Gasteiger partial charge in [-0.05, 0) is 43.7 Å². The van der Waals surface area contributed by atoms with Crippen molar-refractivity contribution in [3.63, 3.8) is 0 Å². The summed E-state index contributed by atoms with van der Waals surface area (Å²) in [6.45, 7) is 3.66. The molecule has 0 bridgehead atoms. The van der Waals surface area contributed by atoms with Gasteiger partial charge >= 0.3 is 5.97 Å². The first kappa shape index (κ1) is 20.6. The quantitative estimate of drug-likeness (QED) is 0.693. The highest BCUT2D eigenvalue weighted by atomic mass is 35.5. The fraction of sp³-hybridized carbons (Fsp3) is 0.300. The average molecular weight is 392 g/mol. The lowest BCUT2D eigenvalue weighted by Gasteiger charge is -2.16. The second-order valence-corrected chi connectivity index (χ2v) is 6.09. The minimum absolute atomic E-state index is 0.270. The Morgan fingerprint density at radius 3 is 2.56 bits per heavy atom. The molecule has 0 aliphatic rings. The van der Waals surface area contributed by atoms with Gasteiger partial charge in [0, 0.05) is 5.02 Å². The first-order valence-electron chi connectivity index (χ1n) is 8.48. The molecule has 1 atom stereocenters. The SMILES string of the molecule is CCOc1cc(C(=O)OCC(=O)N[C@@H](C)c2ccccc2Cl)ccc1OC. The highest BCUT2D eigenvalue weighted by molar-refractivity contribution is 6.31. The summed E-state index contributed by atoms with van der Waals surface area (Å²) in [4.78, 5) is 24.3. The molecule has 1 amide bonds. The van der Waals surface area contributed by atoms with E-state index in [0.29, 0.717) is 23.1 Å². The summed E-state index contributed by atoms with van der Waals surface area (Å²) in [6.07, 6.45) is 0. The highest BCUT2D eigenvalue weighted by Crippen LogP contribution is 2.28. The van der Waals surface area contributed by atoms with Crippen molar-refractivity contribution in [2.75, 3.05) is 20.3 Å². The van der Waals surface area contributed by atoms with Crippen LogP contribution >= 0.6 is 11.6 Å². The predicted molar refractivity (Wildman–Crippen MR) is 102 cm³/mol. The largest absolute Gasteiger partial charge is 0.493 e. The predicted octanol–water partition coefficient (Wildman–Crippen LogP) is 3.78. The lowest BCUT2D eigenvalue weighted by Crippen LogP contribution is -2.31. The zero-order chi connectivity index (χ0) is 19.8. The minimum atomic E-state index is -0.626. The number of carbonyl (C=O) groups is 2. The van der Waals surface area contributed by atoms with Crippen LogP contribution in [0, 0.1) is 0 Å². The smallest absolute Gasteiger partial charge is 0.338 e. The highest BCUT2D eigenvalue weighted by Gasteiger charge is 2.16. The van der Waals surface area contributed by atoms with E-state index in [1.807, 2.05) is 25.1 Å². The van der Waals surface area contributed by atoms with Crippen LogP contribution in [0.5, 0.6) is 11.5 Å². The van der Waals surface area contributed by atoms with Crippen LogP contribution in [-0.2, 0) is 9.53 Å². The van der Waals surface area contributed by atoms with Gasteiger partial charge in [0.25, 0.3) is 5.91 Å². The molecule has 0 aliphatic heterocycles. The Kier molecular flexibility index (Phi) is 7.49. The van der Waals surface area contributed by atoms with Gasteiger partial charge < -0.3 is 19.5 Å². The Morgan fingerprint density at radius 2 is 1.89 bits per heavy atom. The third-order valence-electron chi connectivity index (χ3n) is 3.78. The normalized spacial score (nSPS) is 11.4. The number of rotatable bonds is 8. The second-order valence-electron chi connectivity index (χ2n) is 5.69. The molecule has 144 valence electrons. The van der Waals surface area contributed by atoms with Crippen LogP contribution in [-0.4, -0.2) is 32.2 Å². The average Bonchev–Trinajstić information content (AvgIpc) is 2.66. The standard InChI is InChI=1S/C20H22ClNO5/c1-4-26-18-11-14(9-10-17(18)25-3)20(24)27-12-19(23)22-13(2)15-7-5-6-8-16(15)21/h5-11,13H,4,12H2,1-3H3,(H,22,23)/t13-/m0/s1. The molecule has 0 saturated heterocycles. The molecule has 1 N–H and O–H groups in total. The van der Waals surface area contributed by atoms with Gasteiger partial charge in [0.2, 0.25) is 0 Å². The topological polar surface area (TPSA) is 73.9 Å². The van der Waals surface area contributed by atoms with E-state index >= 15 is 0 Å². The number of hydrogen-bond acceptors (Lipinski definition) is 5. The number of ether oxygens (including phenoxy) is 3. The van der Waals surface area contributed by atoms with Crippen molar-refractivity contribution in [2.45, 2.75) is 19.9 Å². The molecule has 7 heteroatoms. The van der Waals surface area contributed by atoms with Crippen LogP contribution in [0.4, 0.5) is 0 Å². The number of hydrogen-bond donors (Lipinski definition) is 1. The Balaban J connectivity index is 1.94. The fourth-order valence-corrected chi connectivity index (χ4v) is 2.77. The van der Waals surface area contributed by atoms with Crippen molar-refractivity contribution >= 4 is 23.5 Å². The van der Waals surface area contributed by atoms with Crippen molar-refractivity contribution in [3.8, 4) is 11.5 Å². The molecule has 0 saturated carbocycles. The first-order chi connectivity index (χ1) is 13.0. The number of amides is 1. The van der Waals surface area contributed by atoms with E-state index in [1.54, 1.807) is 25.1 Å². The van der Waals surface area contributed by atoms with Crippen LogP contribution in [0.3, 0.4) is 0 Å². The molecule has 0 aromatic heterocycles. The van der Waals surface area contributed by atoms with E-state index in [9.17, 15) is 9.59 Å². The summed E-state index contributed by atoms with van der Waals surface area (Å²) in [5, 5.41) is 3.31. The van der Waals surface area contributed by atoms with Gasteiger partial charge in [0.1, 0.15) is 0 Å². The van der Waals surface area contributed by atoms with E-state index in [-0.39, 0.29) is 11.6 Å². The van der Waals surface area contributed by atoms with Gasteiger partial charge in [-0.3, -0.25) is 4.79 Å². The van der Waals surface area contributed by atoms with Crippen LogP contribution in [0.15, 0.2) is 42.5 Å². The molecular formula is C20H22ClNO5. The molecule has 0 heterocycles. The Hall–Kier alpha value is -2.73. The lowest BCUT2D eigenvalue weighted by atomic mass is 10.1. The van der Waals surface area contributed by atoms with Gasteiger partial charge in [-0.1, -0.05) is 29.8 Å². The van der Waals surface area contributed by atoms with E-state index in [0.717, 1.165) is 5.56 Å². The second kappa shape index (κ2) is 9.83. The van der Waals surface area contributed by atoms with Crippen molar-refractivity contribution in [2.24, 2.45) is 0 Å². The molecule has 27 heavy (non-hydrogen) atoms. The summed E-state index contributed by atoms with van der Waals surface area (Å²) in [5.74, 6) is -0.0978. The molecule has 0 spiro atoms. The molecule has 2 rings (SSSR count). The zero-order valence-electron chi connectivity index (χ0n) is 15.5. The minimum Gasteiger partial charge on any atom is -0.493 e. The molecule has 0 radical (unpaired) electrons. The van der Waals surface area contributed by atoms with Crippen LogP contribution in [0.1, 0.15) is 35.8 Å². The zero-order valence-corrected chi connectivity index (χ0v) is 16.2. The summed E-state index contributed by atoms with van der Waals surface area (Å²) in [5.41, 5.74) is 1.06. The molecule has 0 fully saturated rings. The third kappa shape index (κ3) is 5.62. The molecule has 0 unspecified atom stereocenters. The van der Waals surface area contributed by atoms with E-state index in [2.05, 4.69) is 5.32 Å². The molecule has 6 nitrogen and oxygen atoms in total. The molecule has 2 aromatic rings. The van der Waals surface area contributed by atoms with Crippen LogP contribution in [0.2, 0.25) is 5.02 Å². The van der Waals surface area contributed by atoms with Crippen LogP contribution < -0.4 is 14.8 Å². The van der Waals surface area contributed by atoms with E-state index < -0.39 is 18.5 Å². The summed E-state index contributed by atoms with van der Waals surface area (Å²) in [6, 6.07) is 11.6. The maximum atomic E-state index is 12.2. The first-order valence-corrected chi connectivity index (χ1v) is 8.85. The fourth-order valence-electron chi connectivity index (χ4n) is 2.47. The number of methoxy groups -OCH3 is 1.